The van der Waals surface area contributed by atoms with Gasteiger partial charge in [0.25, 0.3) is 5.91 Å². The minimum atomic E-state index is -1.10. The molecule has 17 heavy (non-hydrogen) atoms. The molecule has 1 saturated heterocycles. The smallest absolute Gasteiger partial charge is 0.326 e. The van der Waals surface area contributed by atoms with Crippen LogP contribution in [0.2, 0.25) is 0 Å². The molecule has 0 saturated carbocycles. The van der Waals surface area contributed by atoms with Gasteiger partial charge in [-0.3, -0.25) is 4.79 Å². The summed E-state index contributed by atoms with van der Waals surface area (Å²) in [5.74, 6) is -1.52. The number of aliphatic hydroxyl groups excluding tert-OH is 1. The number of carboxylic acids is 1. The number of hydrogen-bond acceptors (Lipinski definition) is 4. The van der Waals surface area contributed by atoms with Crippen LogP contribution in [-0.4, -0.2) is 55.2 Å². The minimum absolute atomic E-state index is 0.0426. The molecule has 1 aromatic rings. The Kier molecular flexibility index (Phi) is 2.84. The van der Waals surface area contributed by atoms with Gasteiger partial charge in [-0.15, -0.1) is 0 Å². The van der Waals surface area contributed by atoms with E-state index in [1.807, 2.05) is 0 Å². The van der Waals surface area contributed by atoms with Crippen LogP contribution in [-0.2, 0) is 11.8 Å². The summed E-state index contributed by atoms with van der Waals surface area (Å²) >= 11 is 0. The summed E-state index contributed by atoms with van der Waals surface area (Å²) in [5.41, 5.74) is 0.311. The average Bonchev–Trinajstić information content (AvgIpc) is 2.83. The molecule has 92 valence electrons. The lowest BCUT2D eigenvalue weighted by atomic mass is 10.2. The summed E-state index contributed by atoms with van der Waals surface area (Å²) in [4.78, 5) is 28.0. The first kappa shape index (κ1) is 11.6. The molecule has 2 rings (SSSR count). The Balaban J connectivity index is 2.25. The van der Waals surface area contributed by atoms with Crippen molar-refractivity contribution in [3.63, 3.8) is 0 Å². The maximum atomic E-state index is 12.1. The zero-order chi connectivity index (χ0) is 12.6. The largest absolute Gasteiger partial charge is 0.480 e. The molecule has 2 heterocycles. The number of rotatable bonds is 2. The number of carbonyl (C=O) groups excluding carboxylic acids is 1. The van der Waals surface area contributed by atoms with Crippen LogP contribution in [0.3, 0.4) is 0 Å². The highest BCUT2D eigenvalue weighted by Gasteiger charge is 2.39. The summed E-state index contributed by atoms with van der Waals surface area (Å²) in [6.45, 7) is 0.0426. The number of aryl methyl sites for hydroxylation is 1. The van der Waals surface area contributed by atoms with Gasteiger partial charge in [0.1, 0.15) is 11.7 Å². The highest BCUT2D eigenvalue weighted by Crippen LogP contribution is 2.20. The summed E-state index contributed by atoms with van der Waals surface area (Å²) in [6, 6.07) is -0.965. The second-order valence-electron chi connectivity index (χ2n) is 4.09. The van der Waals surface area contributed by atoms with Gasteiger partial charge in [0, 0.05) is 20.0 Å². The predicted molar refractivity (Wildman–Crippen MR) is 56.3 cm³/mol. The minimum Gasteiger partial charge on any atom is -0.480 e. The fourth-order valence-corrected chi connectivity index (χ4v) is 1.98. The Morgan fingerprint density at radius 2 is 2.24 bits per heavy atom. The molecule has 1 aliphatic rings. The zero-order valence-corrected chi connectivity index (χ0v) is 9.28. The monoisotopic (exact) mass is 239 g/mol. The first-order chi connectivity index (χ1) is 8.00. The SMILES string of the molecule is Cn1cncc1C(=O)N1C[C@H](O)C[C@H]1C(=O)O. The zero-order valence-electron chi connectivity index (χ0n) is 9.28. The van der Waals surface area contributed by atoms with E-state index in [0.29, 0.717) is 5.69 Å². The number of amides is 1. The number of β-amino-alcohol motifs (C(OH)–C–C–N with tert-alkyl or cyclic N) is 1. The van der Waals surface area contributed by atoms with Crippen LogP contribution in [0.1, 0.15) is 16.9 Å². The van der Waals surface area contributed by atoms with E-state index < -0.39 is 24.0 Å². The normalized spacial score (nSPS) is 24.0. The summed E-state index contributed by atoms with van der Waals surface area (Å²) in [7, 11) is 1.66. The number of likely N-dealkylation sites (tertiary alicyclic amines) is 1. The van der Waals surface area contributed by atoms with Crippen molar-refractivity contribution < 1.29 is 19.8 Å². The molecule has 1 amide bonds. The van der Waals surface area contributed by atoms with Gasteiger partial charge in [-0.25, -0.2) is 9.78 Å². The molecule has 1 fully saturated rings. The Bertz CT molecular complexity index is 456. The molecule has 0 aliphatic carbocycles. The van der Waals surface area contributed by atoms with Gasteiger partial charge in [0.15, 0.2) is 0 Å². The third kappa shape index (κ3) is 2.01. The second-order valence-corrected chi connectivity index (χ2v) is 4.09. The van der Waals surface area contributed by atoms with Gasteiger partial charge in [-0.05, 0) is 0 Å². The number of aromatic nitrogens is 2. The van der Waals surface area contributed by atoms with Crippen LogP contribution in [0.5, 0.6) is 0 Å². The summed E-state index contributed by atoms with van der Waals surface area (Å²) in [6.07, 6.45) is 2.13. The molecule has 0 bridgehead atoms. The highest BCUT2D eigenvalue weighted by atomic mass is 16.4. The van der Waals surface area contributed by atoms with Gasteiger partial charge < -0.3 is 19.7 Å². The van der Waals surface area contributed by atoms with Crippen molar-refractivity contribution in [2.45, 2.75) is 18.6 Å². The molecule has 7 heteroatoms. The van der Waals surface area contributed by atoms with Gasteiger partial charge >= 0.3 is 5.97 Å². The lowest BCUT2D eigenvalue weighted by Crippen LogP contribution is -2.41. The molecule has 0 aromatic carbocycles. The quantitative estimate of drug-likeness (QED) is 0.696. The lowest BCUT2D eigenvalue weighted by molar-refractivity contribution is -0.141. The second kappa shape index (κ2) is 4.17. The number of hydrogen-bond donors (Lipinski definition) is 2. The molecule has 2 atom stereocenters. The van der Waals surface area contributed by atoms with E-state index in [9.17, 15) is 14.7 Å². The summed E-state index contributed by atoms with van der Waals surface area (Å²) in [5, 5.41) is 18.4. The van der Waals surface area contributed by atoms with Gasteiger partial charge in [0.2, 0.25) is 0 Å². The first-order valence-electron chi connectivity index (χ1n) is 5.19. The number of carboxylic acid groups (broad SMARTS) is 1. The van der Waals surface area contributed by atoms with Gasteiger partial charge in [0.05, 0.1) is 18.6 Å². The fourth-order valence-electron chi connectivity index (χ4n) is 1.98. The third-order valence-corrected chi connectivity index (χ3v) is 2.86. The van der Waals surface area contributed by atoms with Crippen LogP contribution >= 0.6 is 0 Å². The van der Waals surface area contributed by atoms with Crippen LogP contribution in [0.4, 0.5) is 0 Å². The number of carbonyl (C=O) groups is 2. The first-order valence-corrected chi connectivity index (χ1v) is 5.19. The van der Waals surface area contributed by atoms with Crippen LogP contribution in [0, 0.1) is 0 Å². The fraction of sp³-hybridized carbons (Fsp3) is 0.500. The van der Waals surface area contributed by atoms with Crippen LogP contribution in [0.25, 0.3) is 0 Å². The van der Waals surface area contributed by atoms with E-state index >= 15 is 0 Å². The Morgan fingerprint density at radius 1 is 1.53 bits per heavy atom. The highest BCUT2D eigenvalue weighted by molar-refractivity contribution is 5.95. The average molecular weight is 239 g/mol. The molecular weight excluding hydrogens is 226 g/mol. The Labute approximate surface area is 97.3 Å². The van der Waals surface area contributed by atoms with E-state index in [2.05, 4.69) is 4.98 Å². The van der Waals surface area contributed by atoms with Crippen molar-refractivity contribution in [1.82, 2.24) is 14.5 Å². The van der Waals surface area contributed by atoms with Crippen molar-refractivity contribution >= 4 is 11.9 Å². The van der Waals surface area contributed by atoms with Crippen molar-refractivity contribution in [2.75, 3.05) is 6.54 Å². The van der Waals surface area contributed by atoms with Crippen molar-refractivity contribution in [3.05, 3.63) is 18.2 Å². The number of imidazole rings is 1. The van der Waals surface area contributed by atoms with Gasteiger partial charge in [-0.1, -0.05) is 0 Å². The van der Waals surface area contributed by atoms with E-state index in [0.717, 1.165) is 0 Å². The Morgan fingerprint density at radius 3 is 2.76 bits per heavy atom. The lowest BCUT2D eigenvalue weighted by Gasteiger charge is -2.20. The maximum Gasteiger partial charge on any atom is 0.326 e. The number of aliphatic carboxylic acids is 1. The molecule has 1 aliphatic heterocycles. The Hall–Kier alpha value is -1.89. The van der Waals surface area contributed by atoms with Crippen LogP contribution in [0.15, 0.2) is 12.5 Å². The van der Waals surface area contributed by atoms with Crippen molar-refractivity contribution in [2.24, 2.45) is 7.05 Å². The summed E-state index contributed by atoms with van der Waals surface area (Å²) < 4.78 is 1.52. The third-order valence-electron chi connectivity index (χ3n) is 2.86. The molecule has 1 aromatic heterocycles. The van der Waals surface area contributed by atoms with Crippen molar-refractivity contribution in [3.8, 4) is 0 Å². The number of aliphatic hydroxyl groups is 1. The predicted octanol–water partition coefficient (Wildman–Crippen LogP) is -0.920. The van der Waals surface area contributed by atoms with E-state index in [1.54, 1.807) is 7.05 Å². The van der Waals surface area contributed by atoms with Gasteiger partial charge in [-0.2, -0.15) is 0 Å². The van der Waals surface area contributed by atoms with Crippen LogP contribution < -0.4 is 0 Å². The van der Waals surface area contributed by atoms with E-state index in [1.165, 1.54) is 22.0 Å². The molecule has 2 N–H and O–H groups in total. The molecule has 0 spiro atoms. The van der Waals surface area contributed by atoms with E-state index in [-0.39, 0.29) is 13.0 Å². The topological polar surface area (TPSA) is 95.7 Å². The van der Waals surface area contributed by atoms with Crippen molar-refractivity contribution in [1.29, 1.82) is 0 Å². The maximum absolute atomic E-state index is 12.1. The molecular formula is C10H13N3O4. The molecule has 0 radical (unpaired) electrons. The standard InChI is InChI=1S/C10H13N3O4/c1-12-5-11-3-8(12)9(15)13-4-6(14)2-7(13)10(16)17/h3,5-7,14H,2,4H2,1H3,(H,16,17)/t6-,7+/m1/s1. The van der Waals surface area contributed by atoms with E-state index in [4.69, 9.17) is 5.11 Å². The molecule has 7 nitrogen and oxygen atoms in total. The molecule has 0 unspecified atom stereocenters. The number of nitrogens with zero attached hydrogens (tertiary/aromatic N) is 3.